The van der Waals surface area contributed by atoms with E-state index in [1.165, 1.54) is 0 Å². The van der Waals surface area contributed by atoms with Crippen molar-refractivity contribution in [1.29, 1.82) is 0 Å². The molecule has 0 aliphatic carbocycles. The van der Waals surface area contributed by atoms with Crippen LogP contribution in [-0.2, 0) is 9.53 Å². The zero-order valence-corrected chi connectivity index (χ0v) is 12.6. The van der Waals surface area contributed by atoms with E-state index >= 15 is 0 Å². The normalized spacial score (nSPS) is 11.7. The molecule has 1 unspecified atom stereocenters. The summed E-state index contributed by atoms with van der Waals surface area (Å²) in [5.41, 5.74) is 7.12. The molecule has 0 aliphatic heterocycles. The highest BCUT2D eigenvalue weighted by molar-refractivity contribution is 9.10. The maximum atomic E-state index is 11.5. The van der Waals surface area contributed by atoms with Crippen LogP contribution in [0.2, 0.25) is 0 Å². The smallest absolute Gasteiger partial charge is 0.328 e. The Kier molecular flexibility index (Phi) is 5.55. The standard InChI is InChI=1S/C12H15BrN2O2S/c1-3-17-12(16)7(2)15-8-4-5-9(11(14)18)10(13)6-8/h4-7,15H,3H2,1-2H3,(H2,14,18). The number of benzene rings is 1. The molecule has 0 fully saturated rings. The van der Waals surface area contributed by atoms with Gasteiger partial charge in [-0.2, -0.15) is 0 Å². The summed E-state index contributed by atoms with van der Waals surface area (Å²) in [5.74, 6) is -0.285. The summed E-state index contributed by atoms with van der Waals surface area (Å²) in [6, 6.07) is 5.03. The van der Waals surface area contributed by atoms with Crippen LogP contribution in [-0.4, -0.2) is 23.6 Å². The Morgan fingerprint density at radius 2 is 2.28 bits per heavy atom. The molecule has 1 rings (SSSR count). The highest BCUT2D eigenvalue weighted by atomic mass is 79.9. The second kappa shape index (κ2) is 6.70. The first-order valence-electron chi connectivity index (χ1n) is 5.48. The van der Waals surface area contributed by atoms with Crippen LogP contribution in [0.5, 0.6) is 0 Å². The maximum Gasteiger partial charge on any atom is 0.328 e. The number of halogens is 1. The Balaban J connectivity index is 2.77. The second-order valence-corrected chi connectivity index (χ2v) is 4.97. The van der Waals surface area contributed by atoms with Crippen molar-refractivity contribution >= 4 is 44.8 Å². The van der Waals surface area contributed by atoms with Crippen LogP contribution in [0.1, 0.15) is 19.4 Å². The summed E-state index contributed by atoms with van der Waals surface area (Å²) < 4.78 is 5.70. The Labute approximate surface area is 120 Å². The van der Waals surface area contributed by atoms with E-state index in [0.29, 0.717) is 11.6 Å². The SMILES string of the molecule is CCOC(=O)C(C)Nc1ccc(C(N)=S)c(Br)c1. The minimum atomic E-state index is -0.410. The molecule has 0 heterocycles. The van der Waals surface area contributed by atoms with Crippen molar-refractivity contribution in [3.8, 4) is 0 Å². The quantitative estimate of drug-likeness (QED) is 0.641. The van der Waals surface area contributed by atoms with E-state index in [1.54, 1.807) is 19.9 Å². The van der Waals surface area contributed by atoms with Gasteiger partial charge in [-0.3, -0.25) is 0 Å². The average molecular weight is 331 g/mol. The van der Waals surface area contributed by atoms with Crippen molar-refractivity contribution in [2.24, 2.45) is 5.73 Å². The number of nitrogens with two attached hydrogens (primary N) is 1. The molecule has 0 saturated heterocycles. The molecule has 0 bridgehead atoms. The number of thiocarbonyl (C=S) groups is 1. The molecule has 18 heavy (non-hydrogen) atoms. The van der Waals surface area contributed by atoms with Gasteiger partial charge in [0.15, 0.2) is 0 Å². The predicted octanol–water partition coefficient (Wildman–Crippen LogP) is 2.45. The van der Waals surface area contributed by atoms with Crippen LogP contribution in [0.4, 0.5) is 5.69 Å². The van der Waals surface area contributed by atoms with Crippen LogP contribution in [0.3, 0.4) is 0 Å². The molecule has 6 heteroatoms. The fraction of sp³-hybridized carbons (Fsp3) is 0.333. The minimum absolute atomic E-state index is 0.285. The molecule has 0 amide bonds. The Morgan fingerprint density at radius 3 is 2.78 bits per heavy atom. The minimum Gasteiger partial charge on any atom is -0.464 e. The molecule has 0 radical (unpaired) electrons. The van der Waals surface area contributed by atoms with Crippen molar-refractivity contribution < 1.29 is 9.53 Å². The van der Waals surface area contributed by atoms with Crippen molar-refractivity contribution in [2.75, 3.05) is 11.9 Å². The number of nitrogens with one attached hydrogen (secondary N) is 1. The van der Waals surface area contributed by atoms with Gasteiger partial charge in [0.25, 0.3) is 0 Å². The van der Waals surface area contributed by atoms with E-state index < -0.39 is 6.04 Å². The Bertz CT molecular complexity index is 465. The van der Waals surface area contributed by atoms with E-state index in [2.05, 4.69) is 21.2 Å². The Hall–Kier alpha value is -1.14. The average Bonchev–Trinajstić information content (AvgIpc) is 2.28. The van der Waals surface area contributed by atoms with Crippen molar-refractivity contribution in [3.05, 3.63) is 28.2 Å². The lowest BCUT2D eigenvalue weighted by Gasteiger charge is -2.14. The van der Waals surface area contributed by atoms with Crippen molar-refractivity contribution in [2.45, 2.75) is 19.9 Å². The maximum absolute atomic E-state index is 11.5. The first-order chi connectivity index (χ1) is 8.45. The zero-order chi connectivity index (χ0) is 13.7. The van der Waals surface area contributed by atoms with Gasteiger partial charge in [-0.1, -0.05) is 12.2 Å². The number of anilines is 1. The summed E-state index contributed by atoms with van der Waals surface area (Å²) in [6.45, 7) is 3.89. The lowest BCUT2D eigenvalue weighted by molar-refractivity contribution is -0.143. The van der Waals surface area contributed by atoms with Crippen molar-refractivity contribution in [3.63, 3.8) is 0 Å². The highest BCUT2D eigenvalue weighted by Gasteiger charge is 2.14. The van der Waals surface area contributed by atoms with Gasteiger partial charge in [-0.15, -0.1) is 0 Å². The molecule has 98 valence electrons. The van der Waals surface area contributed by atoms with Gasteiger partial charge in [-0.25, -0.2) is 4.79 Å². The molecule has 0 spiro atoms. The molecular formula is C12H15BrN2O2S. The molecule has 0 aliphatic rings. The van der Waals surface area contributed by atoms with Crippen LogP contribution in [0.25, 0.3) is 0 Å². The fourth-order valence-corrected chi connectivity index (χ4v) is 2.28. The molecule has 0 aromatic heterocycles. The van der Waals surface area contributed by atoms with E-state index in [9.17, 15) is 4.79 Å². The van der Waals surface area contributed by atoms with Gasteiger partial charge in [0.1, 0.15) is 11.0 Å². The largest absolute Gasteiger partial charge is 0.464 e. The third-order valence-corrected chi connectivity index (χ3v) is 3.13. The number of ether oxygens (including phenoxy) is 1. The number of carbonyl (C=O) groups is 1. The summed E-state index contributed by atoms with van der Waals surface area (Å²) in [7, 11) is 0. The molecule has 3 N–H and O–H groups in total. The summed E-state index contributed by atoms with van der Waals surface area (Å²) >= 11 is 8.29. The van der Waals surface area contributed by atoms with Gasteiger partial charge in [0.2, 0.25) is 0 Å². The number of rotatable bonds is 5. The predicted molar refractivity (Wildman–Crippen MR) is 79.7 cm³/mol. The molecule has 4 nitrogen and oxygen atoms in total. The van der Waals surface area contributed by atoms with E-state index in [4.69, 9.17) is 22.7 Å². The number of hydrogen-bond donors (Lipinski definition) is 2. The fourth-order valence-electron chi connectivity index (χ4n) is 1.38. The summed E-state index contributed by atoms with van der Waals surface area (Å²) in [5, 5.41) is 3.04. The number of esters is 1. The third kappa shape index (κ3) is 3.96. The second-order valence-electron chi connectivity index (χ2n) is 3.68. The van der Waals surface area contributed by atoms with E-state index in [1.807, 2.05) is 12.1 Å². The molecule has 1 atom stereocenters. The highest BCUT2D eigenvalue weighted by Crippen LogP contribution is 2.22. The summed E-state index contributed by atoms with van der Waals surface area (Å²) in [4.78, 5) is 11.8. The molecular weight excluding hydrogens is 316 g/mol. The van der Waals surface area contributed by atoms with Crippen molar-refractivity contribution in [1.82, 2.24) is 0 Å². The van der Waals surface area contributed by atoms with E-state index in [0.717, 1.165) is 15.7 Å². The summed E-state index contributed by atoms with van der Waals surface area (Å²) in [6.07, 6.45) is 0. The lowest BCUT2D eigenvalue weighted by atomic mass is 10.2. The van der Waals surface area contributed by atoms with Crippen LogP contribution >= 0.6 is 28.1 Å². The van der Waals surface area contributed by atoms with Gasteiger partial charge in [0, 0.05) is 15.7 Å². The van der Waals surface area contributed by atoms with E-state index in [-0.39, 0.29) is 5.97 Å². The molecule has 1 aromatic carbocycles. The topological polar surface area (TPSA) is 64.3 Å². The third-order valence-electron chi connectivity index (χ3n) is 2.26. The van der Waals surface area contributed by atoms with Gasteiger partial charge in [0.05, 0.1) is 6.61 Å². The van der Waals surface area contributed by atoms with Gasteiger partial charge < -0.3 is 15.8 Å². The van der Waals surface area contributed by atoms with Gasteiger partial charge in [-0.05, 0) is 48.0 Å². The molecule has 1 aromatic rings. The first kappa shape index (κ1) is 14.9. The lowest BCUT2D eigenvalue weighted by Crippen LogP contribution is -2.28. The monoisotopic (exact) mass is 330 g/mol. The van der Waals surface area contributed by atoms with Crippen LogP contribution in [0, 0.1) is 0 Å². The first-order valence-corrected chi connectivity index (χ1v) is 6.68. The number of hydrogen-bond acceptors (Lipinski definition) is 4. The van der Waals surface area contributed by atoms with Crippen LogP contribution in [0.15, 0.2) is 22.7 Å². The number of carbonyl (C=O) groups excluding carboxylic acids is 1. The molecule has 0 saturated carbocycles. The Morgan fingerprint density at radius 1 is 1.61 bits per heavy atom. The zero-order valence-electron chi connectivity index (χ0n) is 10.2. The van der Waals surface area contributed by atoms with Gasteiger partial charge >= 0.3 is 5.97 Å². The van der Waals surface area contributed by atoms with Crippen LogP contribution < -0.4 is 11.1 Å².